The molecule has 0 amide bonds. The minimum Gasteiger partial charge on any atom is -0.465 e. The number of hydrogen-bond donors (Lipinski definition) is 1. The Balaban J connectivity index is 1.83. The fourth-order valence-electron chi connectivity index (χ4n) is 2.68. The van der Waals surface area contributed by atoms with Crippen molar-refractivity contribution in [2.24, 2.45) is 0 Å². The second-order valence-electron chi connectivity index (χ2n) is 5.78. The van der Waals surface area contributed by atoms with Crippen LogP contribution in [0, 0.1) is 0 Å². The maximum absolute atomic E-state index is 11.5. The lowest BCUT2D eigenvalue weighted by Crippen LogP contribution is -2.00. The predicted octanol–water partition coefficient (Wildman–Crippen LogP) is 4.64. The average molecular weight is 302 g/mol. The van der Waals surface area contributed by atoms with Crippen LogP contribution in [0.1, 0.15) is 68.1 Å². The van der Waals surface area contributed by atoms with Crippen LogP contribution in [0.4, 0.5) is 0 Å². The normalized spacial score (nSPS) is 11.0. The molecule has 1 aromatic carbocycles. The zero-order chi connectivity index (χ0) is 15.8. The van der Waals surface area contributed by atoms with E-state index in [1.165, 1.54) is 45.6 Å². The summed E-state index contributed by atoms with van der Waals surface area (Å²) in [6.45, 7) is 2.24. The molecule has 2 rings (SSSR count). The maximum atomic E-state index is 11.5. The third-order valence-corrected chi connectivity index (χ3v) is 3.97. The van der Waals surface area contributed by atoms with Gasteiger partial charge in [-0.05, 0) is 24.6 Å². The Hall–Kier alpha value is -1.84. The van der Waals surface area contributed by atoms with Gasteiger partial charge in [0.05, 0.1) is 23.7 Å². The molecule has 1 N–H and O–H groups in total. The second kappa shape index (κ2) is 8.57. The van der Waals surface area contributed by atoms with Gasteiger partial charge in [0.1, 0.15) is 5.82 Å². The van der Waals surface area contributed by atoms with E-state index in [2.05, 4.69) is 16.9 Å². The summed E-state index contributed by atoms with van der Waals surface area (Å²) in [7, 11) is 1.39. The minimum absolute atomic E-state index is 0.315. The molecule has 22 heavy (non-hydrogen) atoms. The molecule has 0 fully saturated rings. The first-order valence-electron chi connectivity index (χ1n) is 8.31. The van der Waals surface area contributed by atoms with Crippen molar-refractivity contribution in [1.29, 1.82) is 0 Å². The van der Waals surface area contributed by atoms with Gasteiger partial charge < -0.3 is 9.72 Å². The van der Waals surface area contributed by atoms with E-state index < -0.39 is 0 Å². The van der Waals surface area contributed by atoms with Gasteiger partial charge in [0.15, 0.2) is 0 Å². The van der Waals surface area contributed by atoms with Crippen LogP contribution < -0.4 is 0 Å². The van der Waals surface area contributed by atoms with Crippen LogP contribution in [0.15, 0.2) is 18.2 Å². The summed E-state index contributed by atoms with van der Waals surface area (Å²) in [5.74, 6) is 0.690. The van der Waals surface area contributed by atoms with Gasteiger partial charge in [-0.2, -0.15) is 0 Å². The number of H-pyrrole nitrogens is 1. The molecule has 1 aromatic heterocycles. The van der Waals surface area contributed by atoms with E-state index in [4.69, 9.17) is 4.74 Å². The van der Waals surface area contributed by atoms with Gasteiger partial charge in [0.25, 0.3) is 0 Å². The number of aromatic nitrogens is 2. The Labute approximate surface area is 132 Å². The summed E-state index contributed by atoms with van der Waals surface area (Å²) in [6, 6.07) is 5.43. The number of carbonyl (C=O) groups excluding carboxylic acids is 1. The van der Waals surface area contributed by atoms with E-state index in [0.717, 1.165) is 29.7 Å². The highest BCUT2D eigenvalue weighted by Gasteiger charge is 2.08. The molecule has 0 aliphatic rings. The third kappa shape index (κ3) is 4.58. The standard InChI is InChI=1S/C18H26N2O2/c1-3-4-5-6-7-8-9-10-17-19-15-12-11-14(18(21)22-2)13-16(15)20-17/h11-13H,3-10H2,1-2H3,(H,19,20). The van der Waals surface area contributed by atoms with Gasteiger partial charge in [-0.3, -0.25) is 0 Å². The van der Waals surface area contributed by atoms with Crippen molar-refractivity contribution in [2.75, 3.05) is 7.11 Å². The first-order valence-corrected chi connectivity index (χ1v) is 8.31. The number of hydrogen-bond acceptors (Lipinski definition) is 3. The number of rotatable bonds is 9. The number of esters is 1. The molecular formula is C18H26N2O2. The molecule has 0 spiro atoms. The van der Waals surface area contributed by atoms with Gasteiger partial charge in [0.2, 0.25) is 0 Å². The first-order chi connectivity index (χ1) is 10.7. The van der Waals surface area contributed by atoms with Crippen LogP contribution in [0.5, 0.6) is 0 Å². The Kier molecular flexibility index (Phi) is 6.44. The van der Waals surface area contributed by atoms with Gasteiger partial charge in [-0.25, -0.2) is 9.78 Å². The fourth-order valence-corrected chi connectivity index (χ4v) is 2.68. The number of fused-ring (bicyclic) bond motifs is 1. The minimum atomic E-state index is -0.315. The van der Waals surface area contributed by atoms with Crippen molar-refractivity contribution in [2.45, 2.75) is 58.3 Å². The number of unbranched alkanes of at least 4 members (excludes halogenated alkanes) is 6. The molecule has 0 aliphatic heterocycles. The van der Waals surface area contributed by atoms with E-state index in [1.54, 1.807) is 6.07 Å². The molecule has 1 heterocycles. The average Bonchev–Trinajstić information content (AvgIpc) is 2.95. The Morgan fingerprint density at radius 3 is 2.59 bits per heavy atom. The number of aryl methyl sites for hydroxylation is 1. The number of nitrogens with zero attached hydrogens (tertiary/aromatic N) is 1. The lowest BCUT2D eigenvalue weighted by Gasteiger charge is -1.99. The molecule has 2 aromatic rings. The van der Waals surface area contributed by atoms with Crippen molar-refractivity contribution in [3.63, 3.8) is 0 Å². The number of imidazole rings is 1. The summed E-state index contributed by atoms with van der Waals surface area (Å²) in [6.07, 6.45) is 10.1. The van der Waals surface area contributed by atoms with Crippen molar-refractivity contribution in [1.82, 2.24) is 9.97 Å². The molecule has 0 radical (unpaired) electrons. The summed E-state index contributed by atoms with van der Waals surface area (Å²) in [5.41, 5.74) is 2.37. The monoisotopic (exact) mass is 302 g/mol. The summed E-state index contributed by atoms with van der Waals surface area (Å²) >= 11 is 0. The molecule has 120 valence electrons. The van der Waals surface area contributed by atoms with Crippen LogP contribution in [0.3, 0.4) is 0 Å². The van der Waals surface area contributed by atoms with Crippen LogP contribution in [-0.2, 0) is 11.2 Å². The maximum Gasteiger partial charge on any atom is 0.337 e. The number of benzene rings is 1. The zero-order valence-corrected chi connectivity index (χ0v) is 13.7. The van der Waals surface area contributed by atoms with E-state index >= 15 is 0 Å². The Morgan fingerprint density at radius 2 is 1.86 bits per heavy atom. The molecular weight excluding hydrogens is 276 g/mol. The first kappa shape index (κ1) is 16.5. The Morgan fingerprint density at radius 1 is 1.14 bits per heavy atom. The van der Waals surface area contributed by atoms with Crippen LogP contribution in [0.2, 0.25) is 0 Å². The van der Waals surface area contributed by atoms with Gasteiger partial charge in [-0.1, -0.05) is 45.4 Å². The predicted molar refractivity (Wildman–Crippen MR) is 89.1 cm³/mol. The van der Waals surface area contributed by atoms with Crippen molar-refractivity contribution < 1.29 is 9.53 Å². The van der Waals surface area contributed by atoms with Crippen LogP contribution in [-0.4, -0.2) is 23.0 Å². The van der Waals surface area contributed by atoms with Gasteiger partial charge in [-0.15, -0.1) is 0 Å². The van der Waals surface area contributed by atoms with Crippen LogP contribution >= 0.6 is 0 Å². The smallest absolute Gasteiger partial charge is 0.337 e. The highest BCUT2D eigenvalue weighted by Crippen LogP contribution is 2.16. The molecule has 0 saturated heterocycles. The lowest BCUT2D eigenvalue weighted by atomic mass is 10.1. The van der Waals surface area contributed by atoms with E-state index in [0.29, 0.717) is 5.56 Å². The molecule has 0 aliphatic carbocycles. The molecule has 4 nitrogen and oxygen atoms in total. The topological polar surface area (TPSA) is 55.0 Å². The van der Waals surface area contributed by atoms with Crippen molar-refractivity contribution in [3.8, 4) is 0 Å². The molecule has 0 unspecified atom stereocenters. The fraction of sp³-hybridized carbons (Fsp3) is 0.556. The number of ether oxygens (including phenoxy) is 1. The summed E-state index contributed by atoms with van der Waals surface area (Å²) < 4.78 is 4.74. The third-order valence-electron chi connectivity index (χ3n) is 3.97. The molecule has 0 saturated carbocycles. The van der Waals surface area contributed by atoms with E-state index in [1.807, 2.05) is 12.1 Å². The Bertz CT molecular complexity index is 604. The van der Waals surface area contributed by atoms with Gasteiger partial charge in [0, 0.05) is 6.42 Å². The summed E-state index contributed by atoms with van der Waals surface area (Å²) in [5, 5.41) is 0. The second-order valence-corrected chi connectivity index (χ2v) is 5.78. The molecule has 4 heteroatoms. The summed E-state index contributed by atoms with van der Waals surface area (Å²) in [4.78, 5) is 19.4. The quantitative estimate of drug-likeness (QED) is 0.542. The van der Waals surface area contributed by atoms with E-state index in [9.17, 15) is 4.79 Å². The van der Waals surface area contributed by atoms with E-state index in [-0.39, 0.29) is 5.97 Å². The largest absolute Gasteiger partial charge is 0.465 e. The zero-order valence-electron chi connectivity index (χ0n) is 13.7. The number of carbonyl (C=O) groups is 1. The molecule has 0 bridgehead atoms. The number of nitrogens with one attached hydrogen (secondary N) is 1. The number of aromatic amines is 1. The molecule has 0 atom stereocenters. The van der Waals surface area contributed by atoms with Gasteiger partial charge >= 0.3 is 5.97 Å². The van der Waals surface area contributed by atoms with Crippen molar-refractivity contribution >= 4 is 17.0 Å². The SMILES string of the molecule is CCCCCCCCCc1nc2ccc(C(=O)OC)cc2[nH]1. The van der Waals surface area contributed by atoms with Crippen molar-refractivity contribution in [3.05, 3.63) is 29.6 Å². The highest BCUT2D eigenvalue weighted by atomic mass is 16.5. The highest BCUT2D eigenvalue weighted by molar-refractivity contribution is 5.93. The number of methoxy groups -OCH3 is 1. The lowest BCUT2D eigenvalue weighted by molar-refractivity contribution is 0.0601. The van der Waals surface area contributed by atoms with Crippen LogP contribution in [0.25, 0.3) is 11.0 Å².